The lowest BCUT2D eigenvalue weighted by Gasteiger charge is -2.18. The number of fused-ring (bicyclic) bond motifs is 4. The number of nitrogens with zero attached hydrogens (tertiary/aromatic N) is 2. The van der Waals surface area contributed by atoms with E-state index in [1.54, 1.807) is 48.5 Å². The largest absolute Gasteiger partial charge is 0.289 e. The average molecular weight is 392 g/mol. The van der Waals surface area contributed by atoms with Crippen LogP contribution in [0.1, 0.15) is 31.8 Å². The average Bonchev–Trinajstić information content (AvgIpc) is 3.18. The Morgan fingerprint density at radius 1 is 0.778 bits per heavy atom. The standard InChI is InChI=1S/C20H9FN2O2S2/c21-13-7-3-4-8-14(13)26-15-9-12-16(18-17(15)22-27-23-18)20(25)11-6-2-1-5-10(11)19(12)24/h1-9H. The van der Waals surface area contributed by atoms with Crippen molar-refractivity contribution in [3.63, 3.8) is 0 Å². The Morgan fingerprint density at radius 2 is 1.44 bits per heavy atom. The Balaban J connectivity index is 1.75. The predicted molar refractivity (Wildman–Crippen MR) is 101 cm³/mol. The van der Waals surface area contributed by atoms with E-state index in [-0.39, 0.29) is 28.5 Å². The van der Waals surface area contributed by atoms with Crippen LogP contribution in [0.25, 0.3) is 11.0 Å². The molecular weight excluding hydrogens is 383 g/mol. The lowest BCUT2D eigenvalue weighted by molar-refractivity contribution is 0.0980. The van der Waals surface area contributed by atoms with Gasteiger partial charge in [0.1, 0.15) is 16.9 Å². The molecule has 1 aliphatic rings. The van der Waals surface area contributed by atoms with E-state index in [1.807, 2.05) is 0 Å². The number of carbonyl (C=O) groups is 2. The molecule has 0 fully saturated rings. The summed E-state index contributed by atoms with van der Waals surface area (Å²) >= 11 is 2.14. The number of halogens is 1. The number of hydrogen-bond acceptors (Lipinski definition) is 6. The maximum atomic E-state index is 14.1. The zero-order chi connectivity index (χ0) is 18.5. The third kappa shape index (κ3) is 2.43. The second-order valence-electron chi connectivity index (χ2n) is 6.00. The van der Waals surface area contributed by atoms with Gasteiger partial charge in [-0.05, 0) is 18.2 Å². The van der Waals surface area contributed by atoms with Crippen LogP contribution in [0.3, 0.4) is 0 Å². The molecule has 0 radical (unpaired) electrons. The summed E-state index contributed by atoms with van der Waals surface area (Å²) in [6.07, 6.45) is 0. The summed E-state index contributed by atoms with van der Waals surface area (Å²) in [6.45, 7) is 0. The molecule has 130 valence electrons. The van der Waals surface area contributed by atoms with Gasteiger partial charge in [0.15, 0.2) is 11.6 Å². The van der Waals surface area contributed by atoms with Crippen LogP contribution in [0.5, 0.6) is 0 Å². The zero-order valence-corrected chi connectivity index (χ0v) is 15.2. The highest BCUT2D eigenvalue weighted by Gasteiger charge is 2.33. The number of ketones is 2. The van der Waals surface area contributed by atoms with Crippen LogP contribution < -0.4 is 0 Å². The molecule has 0 unspecified atom stereocenters. The number of benzene rings is 3. The fourth-order valence-electron chi connectivity index (χ4n) is 3.21. The van der Waals surface area contributed by atoms with Gasteiger partial charge in [0.05, 0.1) is 17.3 Å². The first-order chi connectivity index (χ1) is 13.1. The first-order valence-corrected chi connectivity index (χ1v) is 9.60. The Kier molecular flexibility index (Phi) is 3.66. The van der Waals surface area contributed by atoms with Gasteiger partial charge in [0.25, 0.3) is 0 Å². The highest BCUT2D eigenvalue weighted by molar-refractivity contribution is 7.99. The molecule has 0 bridgehead atoms. The molecular formula is C20H9FN2O2S2. The third-order valence-corrected chi connectivity index (χ3v) is 6.06. The lowest BCUT2D eigenvalue weighted by Crippen LogP contribution is -2.21. The van der Waals surface area contributed by atoms with E-state index < -0.39 is 0 Å². The number of aromatic nitrogens is 2. The summed E-state index contributed by atoms with van der Waals surface area (Å²) in [5.41, 5.74) is 2.22. The Hall–Kier alpha value is -2.90. The lowest BCUT2D eigenvalue weighted by atomic mass is 9.83. The van der Waals surface area contributed by atoms with Gasteiger partial charge in [-0.1, -0.05) is 48.2 Å². The molecule has 0 N–H and O–H groups in total. The minimum atomic E-state index is -0.357. The molecule has 1 heterocycles. The van der Waals surface area contributed by atoms with E-state index in [0.717, 1.165) is 11.7 Å². The molecule has 1 aliphatic carbocycles. The summed E-state index contributed by atoms with van der Waals surface area (Å²) in [5.74, 6) is -0.824. The highest BCUT2D eigenvalue weighted by atomic mass is 32.2. The minimum Gasteiger partial charge on any atom is -0.289 e. The van der Waals surface area contributed by atoms with Crippen molar-refractivity contribution >= 4 is 46.1 Å². The van der Waals surface area contributed by atoms with Crippen LogP contribution in [0, 0.1) is 5.82 Å². The maximum absolute atomic E-state index is 14.1. The van der Waals surface area contributed by atoms with Crippen LogP contribution in [-0.4, -0.2) is 20.3 Å². The normalized spacial score (nSPS) is 12.9. The van der Waals surface area contributed by atoms with E-state index in [1.165, 1.54) is 17.8 Å². The number of carbonyl (C=O) groups excluding carboxylic acids is 2. The summed E-state index contributed by atoms with van der Waals surface area (Å²) in [5, 5.41) is 0. The molecule has 4 nitrogen and oxygen atoms in total. The molecule has 5 rings (SSSR count). The van der Waals surface area contributed by atoms with Gasteiger partial charge in [-0.15, -0.1) is 0 Å². The first kappa shape index (κ1) is 16.3. The fraction of sp³-hybridized carbons (Fsp3) is 0. The Labute approximate surface area is 161 Å². The molecule has 0 saturated carbocycles. The molecule has 0 aliphatic heterocycles. The topological polar surface area (TPSA) is 59.9 Å². The smallest absolute Gasteiger partial charge is 0.196 e. The van der Waals surface area contributed by atoms with Crippen molar-refractivity contribution in [3.8, 4) is 0 Å². The highest BCUT2D eigenvalue weighted by Crippen LogP contribution is 2.40. The molecule has 27 heavy (non-hydrogen) atoms. The molecule has 0 spiro atoms. The van der Waals surface area contributed by atoms with Crippen LogP contribution in [0.4, 0.5) is 4.39 Å². The SMILES string of the molecule is O=C1c2ccccc2C(=O)c2c1cc(Sc1ccccc1F)c1nsnc21. The van der Waals surface area contributed by atoms with Crippen molar-refractivity contribution in [2.75, 3.05) is 0 Å². The Bertz CT molecular complexity index is 1270. The van der Waals surface area contributed by atoms with E-state index in [0.29, 0.717) is 32.0 Å². The third-order valence-electron chi connectivity index (χ3n) is 4.45. The van der Waals surface area contributed by atoms with Crippen molar-refractivity contribution in [2.45, 2.75) is 9.79 Å². The van der Waals surface area contributed by atoms with Gasteiger partial charge in [-0.3, -0.25) is 9.59 Å². The molecule has 4 aromatic rings. The molecule has 0 atom stereocenters. The van der Waals surface area contributed by atoms with E-state index >= 15 is 0 Å². The van der Waals surface area contributed by atoms with Crippen LogP contribution >= 0.6 is 23.5 Å². The maximum Gasteiger partial charge on any atom is 0.196 e. The van der Waals surface area contributed by atoms with E-state index in [9.17, 15) is 14.0 Å². The van der Waals surface area contributed by atoms with Gasteiger partial charge in [-0.2, -0.15) is 8.75 Å². The molecule has 0 amide bonds. The van der Waals surface area contributed by atoms with Gasteiger partial charge in [0.2, 0.25) is 0 Å². The van der Waals surface area contributed by atoms with Crippen molar-refractivity contribution in [3.05, 3.63) is 82.7 Å². The summed E-state index contributed by atoms with van der Waals surface area (Å²) < 4.78 is 22.7. The summed E-state index contributed by atoms with van der Waals surface area (Å²) in [4.78, 5) is 27.0. The van der Waals surface area contributed by atoms with Crippen molar-refractivity contribution in [2.24, 2.45) is 0 Å². The van der Waals surface area contributed by atoms with E-state index in [4.69, 9.17) is 0 Å². The number of rotatable bonds is 2. The Morgan fingerprint density at radius 3 is 2.22 bits per heavy atom. The molecule has 7 heteroatoms. The summed E-state index contributed by atoms with van der Waals surface area (Å²) in [6, 6.07) is 14.8. The van der Waals surface area contributed by atoms with Crippen molar-refractivity contribution < 1.29 is 14.0 Å². The van der Waals surface area contributed by atoms with Crippen LogP contribution in [0.2, 0.25) is 0 Å². The molecule has 0 saturated heterocycles. The fourth-order valence-corrected chi connectivity index (χ4v) is 4.79. The van der Waals surface area contributed by atoms with Crippen molar-refractivity contribution in [1.29, 1.82) is 0 Å². The second-order valence-corrected chi connectivity index (χ2v) is 7.61. The second kappa shape index (κ2) is 6.07. The zero-order valence-electron chi connectivity index (χ0n) is 13.6. The first-order valence-electron chi connectivity index (χ1n) is 8.05. The number of hydrogen-bond donors (Lipinski definition) is 0. The van der Waals surface area contributed by atoms with Gasteiger partial charge in [-0.25, -0.2) is 4.39 Å². The monoisotopic (exact) mass is 392 g/mol. The molecule has 3 aromatic carbocycles. The van der Waals surface area contributed by atoms with Crippen LogP contribution in [0.15, 0.2) is 64.4 Å². The molecule has 1 aromatic heterocycles. The van der Waals surface area contributed by atoms with Gasteiger partial charge >= 0.3 is 0 Å². The quantitative estimate of drug-likeness (QED) is 0.434. The minimum absolute atomic E-state index is 0.231. The van der Waals surface area contributed by atoms with Gasteiger partial charge < -0.3 is 0 Å². The van der Waals surface area contributed by atoms with Crippen molar-refractivity contribution in [1.82, 2.24) is 8.75 Å². The predicted octanol–water partition coefficient (Wildman–Crippen LogP) is 4.76. The van der Waals surface area contributed by atoms with E-state index in [2.05, 4.69) is 8.75 Å². The van der Waals surface area contributed by atoms with Gasteiger partial charge in [0, 0.05) is 26.5 Å². The van der Waals surface area contributed by atoms with Crippen LogP contribution in [-0.2, 0) is 0 Å². The summed E-state index contributed by atoms with van der Waals surface area (Å²) in [7, 11) is 0.